The molecule has 0 aromatic heterocycles. The molecule has 35 heavy (non-hydrogen) atoms. The first-order chi connectivity index (χ1) is 15.8. The molecule has 0 aliphatic rings. The highest BCUT2D eigenvalue weighted by Crippen LogP contribution is 2.38. The van der Waals surface area contributed by atoms with E-state index in [9.17, 15) is 31.2 Å². The van der Waals surface area contributed by atoms with E-state index in [0.29, 0.717) is 0 Å². The van der Waals surface area contributed by atoms with Gasteiger partial charge in [0.05, 0.1) is 16.3 Å². The van der Waals surface area contributed by atoms with E-state index in [1.54, 1.807) is 41.5 Å². The smallest absolute Gasteiger partial charge is 0.444 e. The molecule has 192 valence electrons. The third-order valence-corrected chi connectivity index (χ3v) is 5.63. The van der Waals surface area contributed by atoms with Gasteiger partial charge in [0.2, 0.25) is 0 Å². The van der Waals surface area contributed by atoms with Crippen molar-refractivity contribution in [2.45, 2.75) is 63.1 Å². The summed E-state index contributed by atoms with van der Waals surface area (Å²) in [5.74, 6) is 0. The summed E-state index contributed by atoms with van der Waals surface area (Å²) in [6.45, 7) is 9.82. The van der Waals surface area contributed by atoms with Gasteiger partial charge in [0, 0.05) is 5.56 Å². The molecular formula is C23H27F3N2O6S. The van der Waals surface area contributed by atoms with Crippen molar-refractivity contribution in [1.82, 2.24) is 0 Å². The van der Waals surface area contributed by atoms with E-state index < -0.39 is 43.6 Å². The van der Waals surface area contributed by atoms with E-state index >= 15 is 0 Å². The molecule has 2 aromatic carbocycles. The Hall–Kier alpha value is -3.28. The van der Waals surface area contributed by atoms with Crippen LogP contribution in [0.2, 0.25) is 0 Å². The second-order valence-corrected chi connectivity index (χ2v) is 11.4. The zero-order chi connectivity index (χ0) is 26.8. The highest BCUT2D eigenvalue weighted by molar-refractivity contribution is 7.92. The number of ether oxygens (including phenoxy) is 2. The Bertz CT molecular complexity index is 1210. The van der Waals surface area contributed by atoms with Crippen molar-refractivity contribution >= 4 is 33.4 Å². The summed E-state index contributed by atoms with van der Waals surface area (Å²) in [6.07, 6.45) is -1.75. The third-order valence-electron chi connectivity index (χ3n) is 4.08. The lowest BCUT2D eigenvalue weighted by Crippen LogP contribution is -2.29. The molecule has 0 saturated carbocycles. The molecule has 0 aliphatic heterocycles. The molecular weight excluding hydrogens is 489 g/mol. The van der Waals surface area contributed by atoms with Crippen LogP contribution in [0.3, 0.4) is 0 Å². The van der Waals surface area contributed by atoms with E-state index in [4.69, 9.17) is 9.47 Å². The summed E-state index contributed by atoms with van der Waals surface area (Å²) in [4.78, 5) is 23.7. The molecule has 0 bridgehead atoms. The van der Waals surface area contributed by atoms with Crippen molar-refractivity contribution in [3.05, 3.63) is 42.5 Å². The first-order valence-electron chi connectivity index (χ1n) is 10.3. The maximum atomic E-state index is 13.2. The summed E-state index contributed by atoms with van der Waals surface area (Å²) in [7, 11) is -5.67. The quantitative estimate of drug-likeness (QED) is 0.491. The Morgan fingerprint density at radius 3 is 1.74 bits per heavy atom. The van der Waals surface area contributed by atoms with Crippen LogP contribution in [-0.2, 0) is 19.3 Å². The first-order valence-corrected chi connectivity index (χ1v) is 11.8. The maximum absolute atomic E-state index is 13.2. The van der Waals surface area contributed by atoms with Gasteiger partial charge >= 0.3 is 17.7 Å². The SMILES string of the molecule is CC(C)(C)OC(=O)Nc1ccc(-c2ccccc2S(=O)(=O)C(F)(F)F)cc1NC(=O)OC(C)(C)C. The Labute approximate surface area is 201 Å². The predicted molar refractivity (Wildman–Crippen MR) is 125 cm³/mol. The minimum atomic E-state index is -5.67. The number of alkyl halides is 3. The second kappa shape index (κ2) is 9.76. The van der Waals surface area contributed by atoms with Gasteiger partial charge in [-0.1, -0.05) is 24.3 Å². The van der Waals surface area contributed by atoms with E-state index in [-0.39, 0.29) is 22.5 Å². The lowest BCUT2D eigenvalue weighted by molar-refractivity contribution is -0.0435. The van der Waals surface area contributed by atoms with Gasteiger partial charge < -0.3 is 9.47 Å². The minimum Gasteiger partial charge on any atom is -0.444 e. The van der Waals surface area contributed by atoms with Crippen molar-refractivity contribution in [3.63, 3.8) is 0 Å². The highest BCUT2D eigenvalue weighted by atomic mass is 32.2. The Morgan fingerprint density at radius 1 is 0.771 bits per heavy atom. The van der Waals surface area contributed by atoms with Gasteiger partial charge in [0.15, 0.2) is 0 Å². The largest absolute Gasteiger partial charge is 0.501 e. The third kappa shape index (κ3) is 7.61. The lowest BCUT2D eigenvalue weighted by atomic mass is 10.0. The Morgan fingerprint density at radius 2 is 1.26 bits per heavy atom. The van der Waals surface area contributed by atoms with Crippen LogP contribution >= 0.6 is 0 Å². The maximum Gasteiger partial charge on any atom is 0.501 e. The van der Waals surface area contributed by atoms with E-state index in [0.717, 1.165) is 6.07 Å². The fourth-order valence-corrected chi connectivity index (χ4v) is 3.80. The van der Waals surface area contributed by atoms with Crippen LogP contribution in [0.25, 0.3) is 11.1 Å². The van der Waals surface area contributed by atoms with Gasteiger partial charge in [-0.15, -0.1) is 0 Å². The Balaban J connectivity index is 2.59. The summed E-state index contributed by atoms with van der Waals surface area (Å²) >= 11 is 0. The van der Waals surface area contributed by atoms with Crippen LogP contribution in [0.4, 0.5) is 34.1 Å². The summed E-state index contributed by atoms with van der Waals surface area (Å²) in [5.41, 5.74) is -7.43. The van der Waals surface area contributed by atoms with Crippen LogP contribution in [0.15, 0.2) is 47.4 Å². The lowest BCUT2D eigenvalue weighted by Gasteiger charge is -2.22. The van der Waals surface area contributed by atoms with Crippen molar-refractivity contribution in [1.29, 1.82) is 0 Å². The van der Waals surface area contributed by atoms with Gasteiger partial charge in [0.25, 0.3) is 9.84 Å². The number of rotatable bonds is 4. The van der Waals surface area contributed by atoms with E-state index in [2.05, 4.69) is 10.6 Å². The van der Waals surface area contributed by atoms with Crippen LogP contribution in [0, 0.1) is 0 Å². The highest BCUT2D eigenvalue weighted by Gasteiger charge is 2.47. The second-order valence-electron chi connectivity index (χ2n) is 9.46. The number of sulfone groups is 1. The molecule has 0 saturated heterocycles. The molecule has 0 heterocycles. The van der Waals surface area contributed by atoms with Crippen molar-refractivity contribution in [2.24, 2.45) is 0 Å². The number of benzene rings is 2. The van der Waals surface area contributed by atoms with Crippen LogP contribution in [-0.4, -0.2) is 37.3 Å². The average molecular weight is 517 g/mol. The average Bonchev–Trinajstić information content (AvgIpc) is 2.65. The fourth-order valence-electron chi connectivity index (χ4n) is 2.82. The number of hydrogen-bond donors (Lipinski definition) is 2. The molecule has 0 fully saturated rings. The number of hydrogen-bond acceptors (Lipinski definition) is 6. The van der Waals surface area contributed by atoms with Gasteiger partial charge in [-0.05, 0) is 65.3 Å². The van der Waals surface area contributed by atoms with Gasteiger partial charge in [-0.2, -0.15) is 13.2 Å². The zero-order valence-electron chi connectivity index (χ0n) is 20.0. The molecule has 0 atom stereocenters. The number of nitrogens with one attached hydrogen (secondary N) is 2. The van der Waals surface area contributed by atoms with Gasteiger partial charge in [-0.3, -0.25) is 10.6 Å². The van der Waals surface area contributed by atoms with Crippen molar-refractivity contribution in [3.8, 4) is 11.1 Å². The fraction of sp³-hybridized carbons (Fsp3) is 0.391. The predicted octanol–water partition coefficient (Wildman–Crippen LogP) is 6.34. The molecule has 0 spiro atoms. The van der Waals surface area contributed by atoms with E-state index in [1.165, 1.54) is 36.4 Å². The Kier molecular flexibility index (Phi) is 7.80. The number of anilines is 2. The molecule has 12 heteroatoms. The summed E-state index contributed by atoms with van der Waals surface area (Å²) in [5, 5.41) is 4.88. The molecule has 0 radical (unpaired) electrons. The van der Waals surface area contributed by atoms with Crippen LogP contribution in [0.1, 0.15) is 41.5 Å². The van der Waals surface area contributed by atoms with Crippen molar-refractivity contribution in [2.75, 3.05) is 10.6 Å². The number of carbonyl (C=O) groups excluding carboxylic acids is 2. The van der Waals surface area contributed by atoms with Gasteiger partial charge in [0.1, 0.15) is 11.2 Å². The molecule has 2 aromatic rings. The molecule has 8 nitrogen and oxygen atoms in total. The number of carbonyl (C=O) groups is 2. The first kappa shape index (κ1) is 28.0. The van der Waals surface area contributed by atoms with E-state index in [1.807, 2.05) is 0 Å². The number of halogens is 3. The summed E-state index contributed by atoms with van der Waals surface area (Å²) < 4.78 is 74.4. The van der Waals surface area contributed by atoms with Gasteiger partial charge in [-0.25, -0.2) is 18.0 Å². The molecule has 2 amide bonds. The topological polar surface area (TPSA) is 111 Å². The number of amides is 2. The summed E-state index contributed by atoms with van der Waals surface area (Å²) in [6, 6.07) is 8.40. The minimum absolute atomic E-state index is 0.0363. The standard InChI is InChI=1S/C23H27F3N2O6S/c1-21(2,3)33-19(29)27-16-12-11-14(13-17(16)28-20(30)34-22(4,5)6)15-9-7-8-10-18(15)35(31,32)23(24,25)26/h7-13H,1-6H3,(H,27,29)(H,28,30). The van der Waals surface area contributed by atoms with Crippen LogP contribution in [0.5, 0.6) is 0 Å². The molecule has 2 rings (SSSR count). The van der Waals surface area contributed by atoms with Crippen molar-refractivity contribution < 1.29 is 40.7 Å². The monoisotopic (exact) mass is 516 g/mol. The van der Waals surface area contributed by atoms with Crippen LogP contribution < -0.4 is 10.6 Å². The molecule has 0 aliphatic carbocycles. The molecule has 0 unspecified atom stereocenters. The zero-order valence-corrected chi connectivity index (χ0v) is 20.8. The molecule has 2 N–H and O–H groups in total. The normalized spacial score (nSPS) is 12.6.